The SMILES string of the molecule is CC(=O)c1ccc2n1Cc1ccc(F)cc1OC21CCNCC1. The number of carbonyl (C=O) groups is 1. The number of rotatable bonds is 1. The summed E-state index contributed by atoms with van der Waals surface area (Å²) in [7, 11) is 0. The summed E-state index contributed by atoms with van der Waals surface area (Å²) in [4.78, 5) is 12.0. The minimum atomic E-state index is -0.502. The van der Waals surface area contributed by atoms with Gasteiger partial charge in [-0.15, -0.1) is 0 Å². The van der Waals surface area contributed by atoms with Crippen LogP contribution in [-0.2, 0) is 12.1 Å². The zero-order valence-corrected chi connectivity index (χ0v) is 13.1. The Balaban J connectivity index is 1.92. The van der Waals surface area contributed by atoms with Gasteiger partial charge >= 0.3 is 0 Å². The Morgan fingerprint density at radius 2 is 2.04 bits per heavy atom. The lowest BCUT2D eigenvalue weighted by atomic mass is 9.88. The lowest BCUT2D eigenvalue weighted by molar-refractivity contribution is 0.0290. The molecule has 4 nitrogen and oxygen atoms in total. The predicted octanol–water partition coefficient (Wildman–Crippen LogP) is 2.85. The Labute approximate surface area is 134 Å². The largest absolute Gasteiger partial charge is 0.480 e. The van der Waals surface area contributed by atoms with Crippen molar-refractivity contribution in [2.75, 3.05) is 13.1 Å². The normalized spacial score (nSPS) is 18.7. The minimum Gasteiger partial charge on any atom is -0.480 e. The van der Waals surface area contributed by atoms with Crippen molar-refractivity contribution in [1.82, 2.24) is 9.88 Å². The van der Waals surface area contributed by atoms with Crippen LogP contribution >= 0.6 is 0 Å². The predicted molar refractivity (Wildman–Crippen MR) is 84.3 cm³/mol. The number of carbonyl (C=O) groups excluding carboxylic acids is 1. The van der Waals surface area contributed by atoms with Crippen molar-refractivity contribution in [3.8, 4) is 5.75 Å². The number of aromatic nitrogens is 1. The van der Waals surface area contributed by atoms with Gasteiger partial charge in [0.15, 0.2) is 11.4 Å². The summed E-state index contributed by atoms with van der Waals surface area (Å²) in [6.45, 7) is 3.79. The number of ketones is 1. The molecule has 4 rings (SSSR count). The van der Waals surface area contributed by atoms with E-state index in [-0.39, 0.29) is 11.6 Å². The molecule has 5 heteroatoms. The number of benzene rings is 1. The third-order valence-electron chi connectivity index (χ3n) is 4.88. The third-order valence-corrected chi connectivity index (χ3v) is 4.88. The van der Waals surface area contributed by atoms with Gasteiger partial charge in [-0.25, -0.2) is 4.39 Å². The van der Waals surface area contributed by atoms with Crippen LogP contribution in [0.1, 0.15) is 41.5 Å². The lowest BCUT2D eigenvalue weighted by Crippen LogP contribution is -2.44. The van der Waals surface area contributed by atoms with E-state index in [2.05, 4.69) is 5.32 Å². The molecule has 1 aromatic carbocycles. The van der Waals surface area contributed by atoms with Crippen molar-refractivity contribution < 1.29 is 13.9 Å². The first-order valence-corrected chi connectivity index (χ1v) is 7.98. The van der Waals surface area contributed by atoms with E-state index >= 15 is 0 Å². The molecule has 0 unspecified atom stereocenters. The van der Waals surface area contributed by atoms with E-state index in [1.165, 1.54) is 12.1 Å². The smallest absolute Gasteiger partial charge is 0.176 e. The van der Waals surface area contributed by atoms with E-state index in [0.717, 1.165) is 37.2 Å². The Hall–Kier alpha value is -2.14. The molecule has 0 saturated carbocycles. The average molecular weight is 314 g/mol. The maximum atomic E-state index is 13.7. The van der Waals surface area contributed by atoms with Crippen LogP contribution in [0.4, 0.5) is 4.39 Å². The Kier molecular flexibility index (Phi) is 3.27. The second-order valence-electron chi connectivity index (χ2n) is 6.34. The highest BCUT2D eigenvalue weighted by atomic mass is 19.1. The van der Waals surface area contributed by atoms with E-state index in [0.29, 0.717) is 18.0 Å². The first-order valence-electron chi connectivity index (χ1n) is 7.98. The van der Waals surface area contributed by atoms with Crippen molar-refractivity contribution in [3.05, 3.63) is 53.1 Å². The highest BCUT2D eigenvalue weighted by molar-refractivity contribution is 5.92. The first-order chi connectivity index (χ1) is 11.1. The topological polar surface area (TPSA) is 43.3 Å². The third kappa shape index (κ3) is 2.27. The summed E-state index contributed by atoms with van der Waals surface area (Å²) in [6.07, 6.45) is 1.59. The Morgan fingerprint density at radius 1 is 1.26 bits per heavy atom. The monoisotopic (exact) mass is 314 g/mol. The fourth-order valence-corrected chi connectivity index (χ4v) is 3.72. The molecule has 120 valence electrons. The van der Waals surface area contributed by atoms with Gasteiger partial charge in [0.05, 0.1) is 17.9 Å². The van der Waals surface area contributed by atoms with Gasteiger partial charge in [-0.3, -0.25) is 4.79 Å². The summed E-state index contributed by atoms with van der Waals surface area (Å²) < 4.78 is 22.1. The van der Waals surface area contributed by atoms with Crippen molar-refractivity contribution >= 4 is 5.78 Å². The van der Waals surface area contributed by atoms with Crippen molar-refractivity contribution in [1.29, 1.82) is 0 Å². The number of Topliss-reactive ketones (excluding diaryl/α,β-unsaturated/α-hetero) is 1. The fourth-order valence-electron chi connectivity index (χ4n) is 3.72. The number of piperidine rings is 1. The van der Waals surface area contributed by atoms with Crippen LogP contribution in [0.25, 0.3) is 0 Å². The molecule has 1 fully saturated rings. The zero-order valence-electron chi connectivity index (χ0n) is 13.1. The molecule has 23 heavy (non-hydrogen) atoms. The number of halogens is 1. The average Bonchev–Trinajstić information content (AvgIpc) is 2.91. The molecule has 1 spiro atoms. The van der Waals surface area contributed by atoms with Gasteiger partial charge in [0.2, 0.25) is 0 Å². The van der Waals surface area contributed by atoms with Gasteiger partial charge in [-0.2, -0.15) is 0 Å². The highest BCUT2D eigenvalue weighted by Gasteiger charge is 2.41. The second kappa shape index (κ2) is 5.20. The number of nitrogens with one attached hydrogen (secondary N) is 1. The van der Waals surface area contributed by atoms with E-state index in [1.807, 2.05) is 16.7 Å². The molecular formula is C18H19FN2O2. The van der Waals surface area contributed by atoms with E-state index in [1.54, 1.807) is 13.0 Å². The molecule has 0 aliphatic carbocycles. The van der Waals surface area contributed by atoms with Gasteiger partial charge < -0.3 is 14.6 Å². The zero-order chi connectivity index (χ0) is 16.0. The molecular weight excluding hydrogens is 295 g/mol. The van der Waals surface area contributed by atoms with Crippen LogP contribution in [0, 0.1) is 5.82 Å². The minimum absolute atomic E-state index is 0.0332. The van der Waals surface area contributed by atoms with Crippen molar-refractivity contribution in [2.24, 2.45) is 0 Å². The number of fused-ring (bicyclic) bond motifs is 3. The Bertz CT molecular complexity index is 775. The standard InChI is InChI=1S/C18H19FN2O2/c1-12(22)15-4-5-17-18(6-8-20-9-7-18)23-16-10-14(19)3-2-13(16)11-21(15)17/h2-5,10,20H,6-9,11H2,1H3. The highest BCUT2D eigenvalue weighted by Crippen LogP contribution is 2.41. The van der Waals surface area contributed by atoms with E-state index < -0.39 is 5.60 Å². The molecule has 1 saturated heterocycles. The van der Waals surface area contributed by atoms with Gasteiger partial charge in [0.25, 0.3) is 0 Å². The maximum absolute atomic E-state index is 13.7. The van der Waals surface area contributed by atoms with Gasteiger partial charge in [-0.05, 0) is 31.3 Å². The van der Waals surface area contributed by atoms with E-state index in [9.17, 15) is 9.18 Å². The summed E-state index contributed by atoms with van der Waals surface area (Å²) >= 11 is 0. The quantitative estimate of drug-likeness (QED) is 0.823. The molecule has 0 atom stereocenters. The molecule has 1 aromatic heterocycles. The molecule has 0 amide bonds. The molecule has 2 aliphatic rings. The fraction of sp³-hybridized carbons (Fsp3) is 0.389. The summed E-state index contributed by atoms with van der Waals surface area (Å²) in [5.74, 6) is 0.321. The van der Waals surface area contributed by atoms with Gasteiger partial charge in [-0.1, -0.05) is 6.07 Å². The van der Waals surface area contributed by atoms with Crippen LogP contribution in [0.15, 0.2) is 30.3 Å². The maximum Gasteiger partial charge on any atom is 0.176 e. The van der Waals surface area contributed by atoms with Crippen LogP contribution in [0.5, 0.6) is 5.75 Å². The van der Waals surface area contributed by atoms with Crippen LogP contribution < -0.4 is 10.1 Å². The summed E-state index contributed by atoms with van der Waals surface area (Å²) in [5.41, 5.74) is 2.10. The van der Waals surface area contributed by atoms with Crippen molar-refractivity contribution in [3.63, 3.8) is 0 Å². The molecule has 2 aliphatic heterocycles. The first kappa shape index (κ1) is 14.5. The Morgan fingerprint density at radius 3 is 2.78 bits per heavy atom. The lowest BCUT2D eigenvalue weighted by Gasteiger charge is -2.37. The molecule has 0 radical (unpaired) electrons. The summed E-state index contributed by atoms with van der Waals surface area (Å²) in [5, 5.41) is 3.34. The number of ether oxygens (including phenoxy) is 1. The number of nitrogens with zero attached hydrogens (tertiary/aromatic N) is 1. The number of hydrogen-bond acceptors (Lipinski definition) is 3. The molecule has 0 bridgehead atoms. The molecule has 1 N–H and O–H groups in total. The van der Waals surface area contributed by atoms with Crippen LogP contribution in [-0.4, -0.2) is 23.4 Å². The van der Waals surface area contributed by atoms with E-state index in [4.69, 9.17) is 4.74 Å². The van der Waals surface area contributed by atoms with Gasteiger partial charge in [0, 0.05) is 31.4 Å². The molecule has 2 aromatic rings. The summed E-state index contributed by atoms with van der Waals surface area (Å²) in [6, 6.07) is 8.51. The number of hydrogen-bond donors (Lipinski definition) is 1. The second-order valence-corrected chi connectivity index (χ2v) is 6.34. The molecule has 3 heterocycles. The van der Waals surface area contributed by atoms with Crippen molar-refractivity contribution in [2.45, 2.75) is 31.9 Å². The van der Waals surface area contributed by atoms with Crippen LogP contribution in [0.3, 0.4) is 0 Å². The van der Waals surface area contributed by atoms with Crippen LogP contribution in [0.2, 0.25) is 0 Å². The van der Waals surface area contributed by atoms with Gasteiger partial charge in [0.1, 0.15) is 11.6 Å².